The summed E-state index contributed by atoms with van der Waals surface area (Å²) in [6.45, 7) is 9.52. The summed E-state index contributed by atoms with van der Waals surface area (Å²) in [6, 6.07) is 11.8. The first-order chi connectivity index (χ1) is 15.2. The van der Waals surface area contributed by atoms with Crippen LogP contribution in [0.2, 0.25) is 0 Å². The highest BCUT2D eigenvalue weighted by Gasteiger charge is 2.23. The molecular weight excluding hydrogens is 408 g/mol. The molecule has 1 aliphatic heterocycles. The third-order valence-corrected chi connectivity index (χ3v) is 6.70. The van der Waals surface area contributed by atoms with Crippen LogP contribution in [0.5, 0.6) is 0 Å². The van der Waals surface area contributed by atoms with E-state index >= 15 is 0 Å². The molecule has 0 N–H and O–H groups in total. The van der Waals surface area contributed by atoms with Crippen LogP contribution >= 0.6 is 11.8 Å². The summed E-state index contributed by atoms with van der Waals surface area (Å²) in [5.74, 6) is 1.64. The van der Waals surface area contributed by atoms with Gasteiger partial charge in [0.15, 0.2) is 11.0 Å². The van der Waals surface area contributed by atoms with Gasteiger partial charge >= 0.3 is 0 Å². The molecule has 1 aromatic carbocycles. The van der Waals surface area contributed by atoms with E-state index in [1.54, 1.807) is 24.2 Å². The summed E-state index contributed by atoms with van der Waals surface area (Å²) in [5.41, 5.74) is 2.82. The molecule has 1 aliphatic rings. The fraction of sp³-hybridized carbons (Fsp3) is 0.391. The monoisotopic (exact) mass is 436 g/mol. The van der Waals surface area contributed by atoms with E-state index < -0.39 is 0 Å². The zero-order valence-electron chi connectivity index (χ0n) is 18.1. The highest BCUT2D eigenvalue weighted by molar-refractivity contribution is 7.98. The second-order valence-electron chi connectivity index (χ2n) is 7.46. The molecule has 162 valence electrons. The van der Waals surface area contributed by atoms with E-state index in [-0.39, 0.29) is 5.91 Å². The molecule has 0 radical (unpaired) electrons. The van der Waals surface area contributed by atoms with Crippen molar-refractivity contribution in [2.75, 3.05) is 32.7 Å². The van der Waals surface area contributed by atoms with E-state index in [0.29, 0.717) is 5.75 Å². The largest absolute Gasteiger partial charge is 0.336 e. The van der Waals surface area contributed by atoms with E-state index in [4.69, 9.17) is 0 Å². The molecule has 7 nitrogen and oxygen atoms in total. The van der Waals surface area contributed by atoms with Crippen LogP contribution in [0.15, 0.2) is 53.9 Å². The van der Waals surface area contributed by atoms with Gasteiger partial charge in [-0.3, -0.25) is 9.78 Å². The molecule has 8 heteroatoms. The zero-order chi connectivity index (χ0) is 21.6. The lowest BCUT2D eigenvalue weighted by Crippen LogP contribution is -2.48. The van der Waals surface area contributed by atoms with Crippen molar-refractivity contribution in [2.24, 2.45) is 0 Å². The van der Waals surface area contributed by atoms with Gasteiger partial charge in [-0.05, 0) is 37.2 Å². The van der Waals surface area contributed by atoms with Gasteiger partial charge in [-0.25, -0.2) is 0 Å². The smallest absolute Gasteiger partial charge is 0.254 e. The number of pyridine rings is 1. The van der Waals surface area contributed by atoms with Gasteiger partial charge in [-0.1, -0.05) is 36.9 Å². The van der Waals surface area contributed by atoms with Gasteiger partial charge in [-0.15, -0.1) is 10.2 Å². The van der Waals surface area contributed by atoms with Gasteiger partial charge in [0, 0.05) is 62.0 Å². The first-order valence-electron chi connectivity index (χ1n) is 10.8. The molecule has 3 aromatic rings. The second kappa shape index (κ2) is 10.1. The molecule has 31 heavy (non-hydrogen) atoms. The van der Waals surface area contributed by atoms with Crippen molar-refractivity contribution in [3.8, 4) is 11.4 Å². The average molecular weight is 437 g/mol. The van der Waals surface area contributed by atoms with Gasteiger partial charge in [0.25, 0.3) is 5.91 Å². The maximum absolute atomic E-state index is 13.2. The number of nitrogens with zero attached hydrogens (tertiary/aromatic N) is 6. The summed E-state index contributed by atoms with van der Waals surface area (Å²) in [6.07, 6.45) is 3.53. The van der Waals surface area contributed by atoms with Crippen LogP contribution in [-0.4, -0.2) is 68.2 Å². The Bertz CT molecular complexity index is 1010. The molecule has 0 saturated carbocycles. The van der Waals surface area contributed by atoms with Crippen LogP contribution in [-0.2, 0) is 12.3 Å². The summed E-state index contributed by atoms with van der Waals surface area (Å²) in [4.78, 5) is 21.6. The number of hydrogen-bond acceptors (Lipinski definition) is 6. The van der Waals surface area contributed by atoms with Crippen LogP contribution in [0.1, 0.15) is 29.8 Å². The maximum Gasteiger partial charge on any atom is 0.254 e. The number of hydrogen-bond donors (Lipinski definition) is 0. The van der Waals surface area contributed by atoms with Crippen molar-refractivity contribution < 1.29 is 4.79 Å². The Morgan fingerprint density at radius 2 is 1.71 bits per heavy atom. The number of piperazine rings is 1. The molecule has 0 bridgehead atoms. The maximum atomic E-state index is 13.2. The number of amides is 1. The number of carbonyl (C=O) groups is 1. The number of thioether (sulfide) groups is 1. The van der Waals surface area contributed by atoms with Crippen molar-refractivity contribution in [3.05, 3.63) is 59.9 Å². The predicted octanol–water partition coefficient (Wildman–Crippen LogP) is 3.43. The highest BCUT2D eigenvalue weighted by Crippen LogP contribution is 2.27. The van der Waals surface area contributed by atoms with Gasteiger partial charge in [0.1, 0.15) is 0 Å². The SMILES string of the molecule is CCN1CCN(C(=O)c2ccccc2CSc2nnc(-c3ccncc3)n2CC)CC1. The molecule has 1 amide bonds. The molecule has 0 atom stereocenters. The Balaban J connectivity index is 1.49. The minimum Gasteiger partial charge on any atom is -0.336 e. The number of rotatable bonds is 7. The van der Waals surface area contributed by atoms with E-state index in [1.807, 2.05) is 41.3 Å². The predicted molar refractivity (Wildman–Crippen MR) is 123 cm³/mol. The van der Waals surface area contributed by atoms with Crippen LogP contribution in [0.4, 0.5) is 0 Å². The van der Waals surface area contributed by atoms with Crippen molar-refractivity contribution in [3.63, 3.8) is 0 Å². The van der Waals surface area contributed by atoms with Crippen molar-refractivity contribution >= 4 is 17.7 Å². The van der Waals surface area contributed by atoms with Crippen molar-refractivity contribution in [2.45, 2.75) is 31.3 Å². The minimum absolute atomic E-state index is 0.126. The quantitative estimate of drug-likeness (QED) is 0.529. The fourth-order valence-electron chi connectivity index (χ4n) is 3.83. The molecule has 0 aliphatic carbocycles. The lowest BCUT2D eigenvalue weighted by molar-refractivity contribution is 0.0642. The van der Waals surface area contributed by atoms with Crippen LogP contribution in [0.25, 0.3) is 11.4 Å². The second-order valence-corrected chi connectivity index (χ2v) is 8.40. The Labute approximate surface area is 187 Å². The molecule has 2 aromatic heterocycles. The normalized spacial score (nSPS) is 14.7. The number of aromatic nitrogens is 4. The van der Waals surface area contributed by atoms with Gasteiger partial charge in [0.2, 0.25) is 0 Å². The average Bonchev–Trinajstić information content (AvgIpc) is 3.26. The van der Waals surface area contributed by atoms with Crippen LogP contribution < -0.4 is 0 Å². The fourth-order valence-corrected chi connectivity index (χ4v) is 4.84. The summed E-state index contributed by atoms with van der Waals surface area (Å²) in [5, 5.41) is 9.67. The zero-order valence-corrected chi connectivity index (χ0v) is 18.9. The lowest BCUT2D eigenvalue weighted by Gasteiger charge is -2.34. The first-order valence-corrected chi connectivity index (χ1v) is 11.8. The van der Waals surface area contributed by atoms with Crippen LogP contribution in [0, 0.1) is 0 Å². The summed E-state index contributed by atoms with van der Waals surface area (Å²) in [7, 11) is 0. The molecule has 4 rings (SSSR count). The highest BCUT2D eigenvalue weighted by atomic mass is 32.2. The van der Waals surface area contributed by atoms with Crippen molar-refractivity contribution in [1.29, 1.82) is 0 Å². The molecular formula is C23H28N6OS. The van der Waals surface area contributed by atoms with E-state index in [2.05, 4.69) is 38.5 Å². The molecule has 1 saturated heterocycles. The lowest BCUT2D eigenvalue weighted by atomic mass is 10.1. The minimum atomic E-state index is 0.126. The van der Waals surface area contributed by atoms with Gasteiger partial charge in [0.05, 0.1) is 0 Å². The number of carbonyl (C=O) groups excluding carboxylic acids is 1. The Morgan fingerprint density at radius 1 is 0.968 bits per heavy atom. The number of likely N-dealkylation sites (N-methyl/N-ethyl adjacent to an activating group) is 1. The van der Waals surface area contributed by atoms with Gasteiger partial charge < -0.3 is 14.4 Å². The Hall–Kier alpha value is -2.71. The summed E-state index contributed by atoms with van der Waals surface area (Å²) < 4.78 is 2.11. The van der Waals surface area contributed by atoms with E-state index in [1.165, 1.54) is 0 Å². The molecule has 3 heterocycles. The number of benzene rings is 1. The summed E-state index contributed by atoms with van der Waals surface area (Å²) >= 11 is 1.62. The third kappa shape index (κ3) is 4.80. The molecule has 1 fully saturated rings. The third-order valence-electron chi connectivity index (χ3n) is 5.68. The van der Waals surface area contributed by atoms with Crippen LogP contribution in [0.3, 0.4) is 0 Å². The molecule has 0 unspecified atom stereocenters. The first kappa shape index (κ1) is 21.5. The van der Waals surface area contributed by atoms with E-state index in [0.717, 1.165) is 66.9 Å². The topological polar surface area (TPSA) is 67.2 Å². The van der Waals surface area contributed by atoms with Gasteiger partial charge in [-0.2, -0.15) is 0 Å². The van der Waals surface area contributed by atoms with E-state index in [9.17, 15) is 4.79 Å². The standard InChI is InChI=1S/C23H28N6OS/c1-3-27-13-15-28(16-14-27)22(30)20-8-6-5-7-19(20)17-31-23-26-25-21(29(23)4-2)18-9-11-24-12-10-18/h5-12H,3-4,13-17H2,1-2H3. The Morgan fingerprint density at radius 3 is 2.42 bits per heavy atom. The Kier molecular flexibility index (Phi) is 6.99. The van der Waals surface area contributed by atoms with Crippen molar-refractivity contribution in [1.82, 2.24) is 29.5 Å². The molecule has 0 spiro atoms.